The molecule has 2 unspecified atom stereocenters. The van der Waals surface area contributed by atoms with Crippen molar-refractivity contribution in [3.8, 4) is 0 Å². The van der Waals surface area contributed by atoms with E-state index >= 15 is 0 Å². The van der Waals surface area contributed by atoms with Gasteiger partial charge < -0.3 is 0 Å². The fraction of sp³-hybridized carbons (Fsp3) is 0.955. The summed E-state index contributed by atoms with van der Waals surface area (Å²) in [5.74, 6) is 5.50. The van der Waals surface area contributed by atoms with Crippen LogP contribution in [0.2, 0.25) is 0 Å². The third-order valence-electron chi connectivity index (χ3n) is 9.42. The van der Waals surface area contributed by atoms with E-state index < -0.39 is 0 Å². The summed E-state index contributed by atoms with van der Waals surface area (Å²) in [4.78, 5) is 12.2. The van der Waals surface area contributed by atoms with Crippen molar-refractivity contribution in [1.29, 1.82) is 0 Å². The zero-order chi connectivity index (χ0) is 16.4. The second-order valence-electron chi connectivity index (χ2n) is 10.3. The molecule has 0 saturated heterocycles. The molecule has 0 aromatic carbocycles. The number of rotatable bonds is 1. The van der Waals surface area contributed by atoms with Crippen LogP contribution < -0.4 is 0 Å². The first-order valence-electron chi connectivity index (χ1n) is 10.4. The van der Waals surface area contributed by atoms with E-state index in [1.165, 1.54) is 57.8 Å². The number of ketones is 1. The van der Waals surface area contributed by atoms with Gasteiger partial charge >= 0.3 is 0 Å². The van der Waals surface area contributed by atoms with Crippen molar-refractivity contribution in [2.24, 2.45) is 46.3 Å². The largest absolute Gasteiger partial charge is 0.300 e. The van der Waals surface area contributed by atoms with Gasteiger partial charge in [-0.05, 0) is 98.7 Å². The lowest BCUT2D eigenvalue weighted by atomic mass is 9.44. The Kier molecular flexibility index (Phi) is 3.75. The van der Waals surface area contributed by atoms with Crippen LogP contribution in [-0.2, 0) is 4.79 Å². The molecule has 0 radical (unpaired) electrons. The maximum Gasteiger partial charge on any atom is 0.133 e. The van der Waals surface area contributed by atoms with Crippen LogP contribution in [0.4, 0.5) is 0 Å². The van der Waals surface area contributed by atoms with Crippen molar-refractivity contribution in [3.63, 3.8) is 0 Å². The summed E-state index contributed by atoms with van der Waals surface area (Å²) >= 11 is 0. The second kappa shape index (κ2) is 5.33. The van der Waals surface area contributed by atoms with Crippen molar-refractivity contribution < 1.29 is 4.79 Å². The summed E-state index contributed by atoms with van der Waals surface area (Å²) in [7, 11) is 0. The smallest absolute Gasteiger partial charge is 0.133 e. The van der Waals surface area contributed by atoms with E-state index in [1.54, 1.807) is 0 Å². The minimum atomic E-state index is 0.332. The zero-order valence-corrected chi connectivity index (χ0v) is 15.7. The summed E-state index contributed by atoms with van der Waals surface area (Å²) < 4.78 is 0. The molecule has 1 nitrogen and oxygen atoms in total. The zero-order valence-electron chi connectivity index (χ0n) is 15.7. The van der Waals surface area contributed by atoms with E-state index in [1.807, 2.05) is 6.92 Å². The predicted octanol–water partition coefficient (Wildman–Crippen LogP) is 5.87. The molecule has 4 saturated carbocycles. The van der Waals surface area contributed by atoms with Gasteiger partial charge in [-0.2, -0.15) is 0 Å². The van der Waals surface area contributed by atoms with Crippen LogP contribution in [0, 0.1) is 46.3 Å². The van der Waals surface area contributed by atoms with Crippen molar-refractivity contribution in [2.75, 3.05) is 0 Å². The van der Waals surface area contributed by atoms with Crippen molar-refractivity contribution in [2.45, 2.75) is 85.5 Å². The van der Waals surface area contributed by atoms with E-state index in [0.717, 1.165) is 29.6 Å². The van der Waals surface area contributed by atoms with Gasteiger partial charge in [-0.1, -0.05) is 27.2 Å². The average Bonchev–Trinajstić information content (AvgIpc) is 2.85. The molecule has 0 N–H and O–H groups in total. The molecule has 130 valence electrons. The van der Waals surface area contributed by atoms with E-state index in [-0.39, 0.29) is 0 Å². The van der Waals surface area contributed by atoms with Crippen LogP contribution in [0.1, 0.15) is 85.5 Å². The van der Waals surface area contributed by atoms with Crippen molar-refractivity contribution in [1.82, 2.24) is 0 Å². The number of carbonyl (C=O) groups excluding carboxylic acids is 1. The highest BCUT2D eigenvalue weighted by molar-refractivity contribution is 5.79. The third kappa shape index (κ3) is 2.20. The first kappa shape index (κ1) is 16.2. The van der Waals surface area contributed by atoms with E-state index in [2.05, 4.69) is 20.8 Å². The standard InChI is InChI=1S/C22H36O/c1-14-9-11-21(3)16(13-14)5-6-17-19-8-7-18(15(2)23)22(19,4)12-10-20(17)21/h14,16-20H,5-13H2,1-4H3/t14?,16?,17-,18+,19-,20-,21-,22+/m0/s1. The lowest BCUT2D eigenvalue weighted by Crippen LogP contribution is -2.53. The average molecular weight is 317 g/mol. The highest BCUT2D eigenvalue weighted by Crippen LogP contribution is 2.67. The maximum absolute atomic E-state index is 12.2. The molecule has 8 atom stereocenters. The molecule has 0 aromatic heterocycles. The lowest BCUT2D eigenvalue weighted by Gasteiger charge is -2.61. The molecule has 23 heavy (non-hydrogen) atoms. The van der Waals surface area contributed by atoms with Gasteiger partial charge in [0.2, 0.25) is 0 Å². The Labute approximate surface area is 143 Å². The van der Waals surface area contributed by atoms with E-state index in [4.69, 9.17) is 0 Å². The van der Waals surface area contributed by atoms with Crippen LogP contribution >= 0.6 is 0 Å². The molecular formula is C22H36O. The molecule has 0 amide bonds. The molecular weight excluding hydrogens is 280 g/mol. The van der Waals surface area contributed by atoms with E-state index in [0.29, 0.717) is 22.5 Å². The highest BCUT2D eigenvalue weighted by atomic mass is 16.1. The Morgan fingerprint density at radius 1 is 0.870 bits per heavy atom. The molecule has 0 bridgehead atoms. The van der Waals surface area contributed by atoms with Crippen LogP contribution in [0.15, 0.2) is 0 Å². The number of Topliss-reactive ketones (excluding diaryl/α,β-unsaturated/α-hetero) is 1. The molecule has 0 spiro atoms. The monoisotopic (exact) mass is 316 g/mol. The molecule has 4 aliphatic carbocycles. The molecule has 4 aliphatic rings. The van der Waals surface area contributed by atoms with Gasteiger partial charge in [0.15, 0.2) is 0 Å². The van der Waals surface area contributed by atoms with Crippen molar-refractivity contribution in [3.05, 3.63) is 0 Å². The minimum absolute atomic E-state index is 0.332. The highest BCUT2D eigenvalue weighted by Gasteiger charge is 2.60. The fourth-order valence-electron chi connectivity index (χ4n) is 8.14. The molecule has 4 fully saturated rings. The molecule has 1 heteroatoms. The summed E-state index contributed by atoms with van der Waals surface area (Å²) in [5.41, 5.74) is 0.948. The maximum atomic E-state index is 12.2. The van der Waals surface area contributed by atoms with Gasteiger partial charge in [0.1, 0.15) is 5.78 Å². The van der Waals surface area contributed by atoms with Crippen LogP contribution in [-0.4, -0.2) is 5.78 Å². The van der Waals surface area contributed by atoms with Crippen LogP contribution in [0.3, 0.4) is 0 Å². The van der Waals surface area contributed by atoms with Crippen molar-refractivity contribution >= 4 is 5.78 Å². The van der Waals surface area contributed by atoms with Gasteiger partial charge in [-0.25, -0.2) is 0 Å². The first-order valence-corrected chi connectivity index (χ1v) is 10.4. The Bertz CT molecular complexity index is 496. The fourth-order valence-corrected chi connectivity index (χ4v) is 8.14. The Balaban J connectivity index is 1.61. The number of hydrogen-bond donors (Lipinski definition) is 0. The number of carbonyl (C=O) groups is 1. The summed E-state index contributed by atoms with van der Waals surface area (Å²) in [6.07, 6.45) is 12.6. The third-order valence-corrected chi connectivity index (χ3v) is 9.42. The lowest BCUT2D eigenvalue weighted by molar-refractivity contribution is -0.135. The normalized spacial score (nSPS) is 55.7. The SMILES string of the molecule is CC(=O)[C@H]1CC[C@H]2[C@@H]3CCC4CC(C)CC[C@]4(C)[C@H]3CC[C@]12C. The van der Waals surface area contributed by atoms with Crippen LogP contribution in [0.25, 0.3) is 0 Å². The number of fused-ring (bicyclic) bond motifs is 5. The van der Waals surface area contributed by atoms with Gasteiger partial charge in [-0.15, -0.1) is 0 Å². The molecule has 4 rings (SSSR count). The quantitative estimate of drug-likeness (QED) is 0.591. The van der Waals surface area contributed by atoms with Gasteiger partial charge in [0, 0.05) is 5.92 Å². The molecule has 0 aromatic rings. The van der Waals surface area contributed by atoms with Gasteiger partial charge in [0.25, 0.3) is 0 Å². The Morgan fingerprint density at radius 2 is 1.57 bits per heavy atom. The summed E-state index contributed by atoms with van der Waals surface area (Å²) in [6.45, 7) is 9.45. The van der Waals surface area contributed by atoms with E-state index in [9.17, 15) is 4.79 Å². The molecule has 0 aliphatic heterocycles. The van der Waals surface area contributed by atoms with Gasteiger partial charge in [0.05, 0.1) is 0 Å². The Hall–Kier alpha value is -0.330. The first-order chi connectivity index (χ1) is 10.9. The minimum Gasteiger partial charge on any atom is -0.300 e. The summed E-state index contributed by atoms with van der Waals surface area (Å²) in [5, 5.41) is 0. The summed E-state index contributed by atoms with van der Waals surface area (Å²) in [6, 6.07) is 0. The second-order valence-corrected chi connectivity index (χ2v) is 10.3. The number of hydrogen-bond acceptors (Lipinski definition) is 1. The van der Waals surface area contributed by atoms with Crippen LogP contribution in [0.5, 0.6) is 0 Å². The predicted molar refractivity (Wildman–Crippen MR) is 95.1 cm³/mol. The Morgan fingerprint density at radius 3 is 2.30 bits per heavy atom. The topological polar surface area (TPSA) is 17.1 Å². The van der Waals surface area contributed by atoms with Gasteiger partial charge in [-0.3, -0.25) is 4.79 Å². The molecule has 0 heterocycles.